The average molecular weight is 341 g/mol. The molecule has 0 aliphatic rings. The number of hydrogen-bond acceptors (Lipinski definition) is 3. The van der Waals surface area contributed by atoms with Crippen LogP contribution in [-0.2, 0) is 0 Å². The van der Waals surface area contributed by atoms with Crippen molar-refractivity contribution in [3.05, 3.63) is 28.2 Å². The van der Waals surface area contributed by atoms with Gasteiger partial charge in [0.25, 0.3) is 0 Å². The molecule has 0 aliphatic carbocycles. The maximum Gasteiger partial charge on any atom is 0.124 e. The zero-order valence-corrected chi connectivity index (χ0v) is 14.4. The first-order valence-electron chi connectivity index (χ1n) is 6.85. The van der Waals surface area contributed by atoms with Crippen molar-refractivity contribution in [1.82, 2.24) is 4.90 Å². The number of likely N-dealkylation sites (N-methyl/N-ethyl adjacent to an activating group) is 1. The van der Waals surface area contributed by atoms with E-state index < -0.39 is 0 Å². The van der Waals surface area contributed by atoms with Crippen LogP contribution in [0.4, 0.5) is 5.69 Å². The van der Waals surface area contributed by atoms with Crippen LogP contribution in [-0.4, -0.2) is 44.5 Å². The fourth-order valence-corrected chi connectivity index (χ4v) is 2.41. The molecular formula is C15H25BrN4. The standard InChI is InChI=1S/C15H25BrN4/c1-11(2)10-20(8-7-19(3)4)14-9-12(16)5-6-13(14)15(17)18/h5-6,9,11H,7-8,10H2,1-4H3,(H3,17,18). The molecule has 1 rings (SSSR count). The number of nitrogens with two attached hydrogens (primary N) is 1. The minimum atomic E-state index is 0.117. The van der Waals surface area contributed by atoms with E-state index in [-0.39, 0.29) is 5.84 Å². The summed E-state index contributed by atoms with van der Waals surface area (Å²) in [4.78, 5) is 4.48. The normalized spacial score (nSPS) is 11.2. The lowest BCUT2D eigenvalue weighted by molar-refractivity contribution is 0.409. The van der Waals surface area contributed by atoms with Crippen molar-refractivity contribution in [2.45, 2.75) is 13.8 Å². The maximum atomic E-state index is 7.76. The summed E-state index contributed by atoms with van der Waals surface area (Å²) in [5, 5.41) is 7.76. The molecule has 0 saturated heterocycles. The van der Waals surface area contributed by atoms with Gasteiger partial charge in [-0.05, 0) is 38.2 Å². The highest BCUT2D eigenvalue weighted by Gasteiger charge is 2.15. The summed E-state index contributed by atoms with van der Waals surface area (Å²) >= 11 is 3.51. The summed E-state index contributed by atoms with van der Waals surface area (Å²) in [5.74, 6) is 0.669. The zero-order valence-electron chi connectivity index (χ0n) is 12.8. The van der Waals surface area contributed by atoms with Crippen LogP contribution < -0.4 is 10.6 Å². The number of amidine groups is 1. The largest absolute Gasteiger partial charge is 0.384 e. The highest BCUT2D eigenvalue weighted by atomic mass is 79.9. The highest BCUT2D eigenvalue weighted by Crippen LogP contribution is 2.25. The van der Waals surface area contributed by atoms with Gasteiger partial charge in [-0.3, -0.25) is 5.41 Å². The Morgan fingerprint density at radius 3 is 2.45 bits per heavy atom. The van der Waals surface area contributed by atoms with Crippen LogP contribution >= 0.6 is 15.9 Å². The number of nitrogen functional groups attached to an aromatic ring is 1. The van der Waals surface area contributed by atoms with E-state index in [0.29, 0.717) is 5.92 Å². The van der Waals surface area contributed by atoms with E-state index in [0.717, 1.165) is 35.4 Å². The molecule has 0 aromatic heterocycles. The zero-order chi connectivity index (χ0) is 15.3. The molecule has 0 amide bonds. The van der Waals surface area contributed by atoms with Gasteiger partial charge in [-0.2, -0.15) is 0 Å². The van der Waals surface area contributed by atoms with Crippen LogP contribution in [0.1, 0.15) is 19.4 Å². The van der Waals surface area contributed by atoms with E-state index in [9.17, 15) is 0 Å². The molecule has 5 heteroatoms. The van der Waals surface area contributed by atoms with E-state index in [1.807, 2.05) is 12.1 Å². The van der Waals surface area contributed by atoms with Gasteiger partial charge < -0.3 is 15.5 Å². The number of benzene rings is 1. The van der Waals surface area contributed by atoms with Crippen molar-refractivity contribution < 1.29 is 0 Å². The number of anilines is 1. The molecule has 4 nitrogen and oxygen atoms in total. The van der Waals surface area contributed by atoms with E-state index >= 15 is 0 Å². The second-order valence-electron chi connectivity index (χ2n) is 5.72. The fourth-order valence-electron chi connectivity index (χ4n) is 2.07. The first-order valence-corrected chi connectivity index (χ1v) is 7.64. The smallest absolute Gasteiger partial charge is 0.124 e. The van der Waals surface area contributed by atoms with Gasteiger partial charge in [-0.15, -0.1) is 0 Å². The molecule has 20 heavy (non-hydrogen) atoms. The summed E-state index contributed by atoms with van der Waals surface area (Å²) in [6.45, 7) is 7.24. The maximum absolute atomic E-state index is 7.76. The van der Waals surface area contributed by atoms with Gasteiger partial charge in [0.2, 0.25) is 0 Å². The average Bonchev–Trinajstić information content (AvgIpc) is 2.33. The minimum Gasteiger partial charge on any atom is -0.384 e. The van der Waals surface area contributed by atoms with Crippen molar-refractivity contribution in [2.75, 3.05) is 38.6 Å². The number of rotatable bonds is 7. The quantitative estimate of drug-likeness (QED) is 0.592. The van der Waals surface area contributed by atoms with Crippen LogP contribution in [0.15, 0.2) is 22.7 Å². The van der Waals surface area contributed by atoms with Crippen molar-refractivity contribution in [1.29, 1.82) is 5.41 Å². The second-order valence-corrected chi connectivity index (χ2v) is 6.63. The van der Waals surface area contributed by atoms with Crippen LogP contribution in [0.5, 0.6) is 0 Å². The van der Waals surface area contributed by atoms with Crippen molar-refractivity contribution in [3.8, 4) is 0 Å². The molecule has 0 saturated carbocycles. The fraction of sp³-hybridized carbons (Fsp3) is 0.533. The lowest BCUT2D eigenvalue weighted by Gasteiger charge is -2.30. The number of nitrogens with one attached hydrogen (secondary N) is 1. The summed E-state index contributed by atoms with van der Waals surface area (Å²) in [6, 6.07) is 5.89. The van der Waals surface area contributed by atoms with Gasteiger partial charge in [0.15, 0.2) is 0 Å². The molecule has 0 fully saturated rings. The molecule has 1 aromatic carbocycles. The lowest BCUT2D eigenvalue weighted by atomic mass is 10.1. The van der Waals surface area contributed by atoms with Crippen LogP contribution in [0.3, 0.4) is 0 Å². The molecule has 0 bridgehead atoms. The Labute approximate surface area is 130 Å². The van der Waals surface area contributed by atoms with E-state index in [1.165, 1.54) is 0 Å². The second kappa shape index (κ2) is 7.64. The Kier molecular flexibility index (Phi) is 6.49. The molecule has 3 N–H and O–H groups in total. The summed E-state index contributed by atoms with van der Waals surface area (Å²) in [6.07, 6.45) is 0. The van der Waals surface area contributed by atoms with Crippen LogP contribution in [0.25, 0.3) is 0 Å². The highest BCUT2D eigenvalue weighted by molar-refractivity contribution is 9.10. The van der Waals surface area contributed by atoms with E-state index in [1.54, 1.807) is 0 Å². The lowest BCUT2D eigenvalue weighted by Crippen LogP contribution is -2.35. The monoisotopic (exact) mass is 340 g/mol. The van der Waals surface area contributed by atoms with Crippen LogP contribution in [0, 0.1) is 11.3 Å². The predicted octanol–water partition coefficient (Wildman–Crippen LogP) is 2.76. The Morgan fingerprint density at radius 1 is 1.30 bits per heavy atom. The Morgan fingerprint density at radius 2 is 1.95 bits per heavy atom. The third-order valence-electron chi connectivity index (χ3n) is 2.99. The topological polar surface area (TPSA) is 56.4 Å². The molecular weight excluding hydrogens is 316 g/mol. The number of hydrogen-bond donors (Lipinski definition) is 2. The van der Waals surface area contributed by atoms with Gasteiger partial charge in [0.05, 0.1) is 0 Å². The first-order chi connectivity index (χ1) is 9.31. The van der Waals surface area contributed by atoms with Gasteiger partial charge in [-0.25, -0.2) is 0 Å². The Bertz CT molecular complexity index is 457. The van der Waals surface area contributed by atoms with E-state index in [2.05, 4.69) is 59.7 Å². The summed E-state index contributed by atoms with van der Waals surface area (Å²) in [7, 11) is 4.14. The molecule has 112 valence electrons. The number of nitrogens with zero attached hydrogens (tertiary/aromatic N) is 2. The molecule has 0 atom stereocenters. The molecule has 0 radical (unpaired) electrons. The SMILES string of the molecule is CC(C)CN(CCN(C)C)c1cc(Br)ccc1C(=N)N. The molecule has 0 spiro atoms. The first kappa shape index (κ1) is 17.0. The Hall–Kier alpha value is -1.07. The van der Waals surface area contributed by atoms with Crippen molar-refractivity contribution in [2.24, 2.45) is 11.7 Å². The van der Waals surface area contributed by atoms with Crippen LogP contribution in [0.2, 0.25) is 0 Å². The molecule has 0 aliphatic heterocycles. The summed E-state index contributed by atoms with van der Waals surface area (Å²) < 4.78 is 1.01. The minimum absolute atomic E-state index is 0.117. The Balaban J connectivity index is 3.10. The van der Waals surface area contributed by atoms with Gasteiger partial charge in [0, 0.05) is 35.4 Å². The molecule has 1 aromatic rings. The molecule has 0 unspecified atom stereocenters. The van der Waals surface area contributed by atoms with Crippen molar-refractivity contribution >= 4 is 27.5 Å². The van der Waals surface area contributed by atoms with Crippen molar-refractivity contribution in [3.63, 3.8) is 0 Å². The number of halogens is 1. The summed E-state index contributed by atoms with van der Waals surface area (Å²) in [5.41, 5.74) is 7.55. The predicted molar refractivity (Wildman–Crippen MR) is 90.8 cm³/mol. The van der Waals surface area contributed by atoms with Gasteiger partial charge in [0.1, 0.15) is 5.84 Å². The third kappa shape index (κ3) is 5.13. The van der Waals surface area contributed by atoms with E-state index in [4.69, 9.17) is 11.1 Å². The van der Waals surface area contributed by atoms with Gasteiger partial charge in [-0.1, -0.05) is 29.8 Å². The molecule has 0 heterocycles. The third-order valence-corrected chi connectivity index (χ3v) is 3.49. The van der Waals surface area contributed by atoms with Gasteiger partial charge >= 0.3 is 0 Å².